The molecule has 1 unspecified atom stereocenters. The summed E-state index contributed by atoms with van der Waals surface area (Å²) >= 11 is 0. The molecule has 0 bridgehead atoms. The van der Waals surface area contributed by atoms with Crippen LogP contribution in [0.25, 0.3) is 5.76 Å². The minimum absolute atomic E-state index is 0.0791. The first-order valence-corrected chi connectivity index (χ1v) is 12.8. The van der Waals surface area contributed by atoms with Gasteiger partial charge in [-0.3, -0.25) is 14.6 Å². The predicted molar refractivity (Wildman–Crippen MR) is 141 cm³/mol. The summed E-state index contributed by atoms with van der Waals surface area (Å²) in [6, 6.07) is 13.0. The summed E-state index contributed by atoms with van der Waals surface area (Å²) in [7, 11) is 0. The van der Waals surface area contributed by atoms with E-state index >= 15 is 0 Å². The third kappa shape index (κ3) is 5.85. The standard InChI is InChI=1S/C30H31FN2O5/c1-3-5-6-16-38-24-14-11-22(17-25(24)37-4-2)27-26(28(34)21-9-12-23(31)13-10-21)29(35)30(36)33(27)19-20-8-7-15-32-18-20/h7-15,17-18,27,34H,3-6,16,19H2,1-2H3. The highest BCUT2D eigenvalue weighted by Gasteiger charge is 2.46. The molecular weight excluding hydrogens is 487 g/mol. The lowest BCUT2D eigenvalue weighted by atomic mass is 9.95. The van der Waals surface area contributed by atoms with Crippen LogP contribution in [0.15, 0.2) is 72.6 Å². The molecule has 2 heterocycles. The molecule has 38 heavy (non-hydrogen) atoms. The van der Waals surface area contributed by atoms with Crippen molar-refractivity contribution in [3.8, 4) is 11.5 Å². The van der Waals surface area contributed by atoms with Crippen LogP contribution in [0.5, 0.6) is 11.5 Å². The number of hydrogen-bond donors (Lipinski definition) is 1. The maximum atomic E-state index is 13.5. The smallest absolute Gasteiger partial charge is 0.295 e. The van der Waals surface area contributed by atoms with Gasteiger partial charge >= 0.3 is 0 Å². The molecule has 2 aromatic carbocycles. The van der Waals surface area contributed by atoms with Crippen molar-refractivity contribution in [1.82, 2.24) is 9.88 Å². The number of nitrogens with zero attached hydrogens (tertiary/aromatic N) is 2. The quantitative estimate of drug-likeness (QED) is 0.149. The fourth-order valence-electron chi connectivity index (χ4n) is 4.46. The molecule has 8 heteroatoms. The van der Waals surface area contributed by atoms with Gasteiger partial charge in [0.1, 0.15) is 11.6 Å². The van der Waals surface area contributed by atoms with E-state index in [-0.39, 0.29) is 23.4 Å². The van der Waals surface area contributed by atoms with Crippen LogP contribution < -0.4 is 9.47 Å². The summed E-state index contributed by atoms with van der Waals surface area (Å²) in [5.41, 5.74) is 1.45. The lowest BCUT2D eigenvalue weighted by Crippen LogP contribution is -2.29. The van der Waals surface area contributed by atoms with Crippen molar-refractivity contribution in [2.45, 2.75) is 45.7 Å². The summed E-state index contributed by atoms with van der Waals surface area (Å²) in [6.07, 6.45) is 6.28. The number of amides is 1. The van der Waals surface area contributed by atoms with Gasteiger partial charge in [-0.25, -0.2) is 4.39 Å². The molecule has 1 amide bonds. The summed E-state index contributed by atoms with van der Waals surface area (Å²) in [5.74, 6) is -1.38. The van der Waals surface area contributed by atoms with Gasteiger partial charge in [0.2, 0.25) is 0 Å². The monoisotopic (exact) mass is 518 g/mol. The van der Waals surface area contributed by atoms with E-state index in [0.29, 0.717) is 30.3 Å². The molecule has 1 aromatic heterocycles. The first-order valence-electron chi connectivity index (χ1n) is 12.8. The average Bonchev–Trinajstić information content (AvgIpc) is 3.17. The van der Waals surface area contributed by atoms with Crippen LogP contribution in [0, 0.1) is 5.82 Å². The molecule has 7 nitrogen and oxygen atoms in total. The number of halogens is 1. The summed E-state index contributed by atoms with van der Waals surface area (Å²) in [6.45, 7) is 5.00. The van der Waals surface area contributed by atoms with Crippen LogP contribution in [0.3, 0.4) is 0 Å². The number of likely N-dealkylation sites (tertiary alicyclic amines) is 1. The number of aliphatic hydroxyl groups is 1. The van der Waals surface area contributed by atoms with Crippen molar-refractivity contribution < 1.29 is 28.6 Å². The van der Waals surface area contributed by atoms with Crippen molar-refractivity contribution in [1.29, 1.82) is 0 Å². The van der Waals surface area contributed by atoms with Crippen molar-refractivity contribution in [3.05, 3.63) is 95.1 Å². The summed E-state index contributed by atoms with van der Waals surface area (Å²) in [5, 5.41) is 11.2. The van der Waals surface area contributed by atoms with Gasteiger partial charge in [0.05, 0.1) is 24.8 Å². The SMILES string of the molecule is CCCCCOc1ccc(C2C(=C(O)c3ccc(F)cc3)C(=O)C(=O)N2Cc2cccnc2)cc1OCC. The van der Waals surface area contributed by atoms with E-state index < -0.39 is 23.5 Å². The number of aromatic nitrogens is 1. The molecular formula is C30H31FN2O5. The number of aliphatic hydroxyl groups excluding tert-OH is 1. The van der Waals surface area contributed by atoms with E-state index in [2.05, 4.69) is 11.9 Å². The van der Waals surface area contributed by atoms with Gasteiger partial charge < -0.3 is 19.5 Å². The number of carbonyl (C=O) groups excluding carboxylic acids is 2. The highest BCUT2D eigenvalue weighted by Crippen LogP contribution is 2.42. The van der Waals surface area contributed by atoms with Gasteiger partial charge in [0.15, 0.2) is 11.5 Å². The number of ketones is 1. The van der Waals surface area contributed by atoms with Crippen LogP contribution in [0.1, 0.15) is 55.8 Å². The maximum absolute atomic E-state index is 13.5. The van der Waals surface area contributed by atoms with Gasteiger partial charge in [0.25, 0.3) is 11.7 Å². The Hall–Kier alpha value is -4.20. The number of pyridine rings is 1. The number of Topliss-reactive ketones (excluding diaryl/α,β-unsaturated/α-hetero) is 1. The number of benzene rings is 2. The first kappa shape index (κ1) is 26.9. The Balaban J connectivity index is 1.80. The van der Waals surface area contributed by atoms with E-state index in [1.165, 1.54) is 29.2 Å². The molecule has 198 valence electrons. The minimum Gasteiger partial charge on any atom is -0.507 e. The topological polar surface area (TPSA) is 89.0 Å². The van der Waals surface area contributed by atoms with Gasteiger partial charge in [-0.2, -0.15) is 0 Å². The maximum Gasteiger partial charge on any atom is 0.295 e. The molecule has 1 atom stereocenters. The van der Waals surface area contributed by atoms with E-state index in [1.54, 1.807) is 36.7 Å². The summed E-state index contributed by atoms with van der Waals surface area (Å²) in [4.78, 5) is 32.1. The molecule has 0 saturated carbocycles. The fourth-order valence-corrected chi connectivity index (χ4v) is 4.46. The zero-order valence-corrected chi connectivity index (χ0v) is 21.5. The number of ether oxygens (including phenoxy) is 2. The van der Waals surface area contributed by atoms with E-state index in [1.807, 2.05) is 13.0 Å². The Bertz CT molecular complexity index is 1310. The Kier molecular flexibility index (Phi) is 8.73. The van der Waals surface area contributed by atoms with Crippen molar-refractivity contribution in [3.63, 3.8) is 0 Å². The normalized spacial score (nSPS) is 16.6. The number of unbranched alkanes of at least 4 members (excludes halogenated alkanes) is 2. The Morgan fingerprint density at radius 3 is 2.50 bits per heavy atom. The van der Waals surface area contributed by atoms with Crippen molar-refractivity contribution in [2.75, 3.05) is 13.2 Å². The summed E-state index contributed by atoms with van der Waals surface area (Å²) < 4.78 is 25.3. The molecule has 1 aliphatic rings. The second-order valence-electron chi connectivity index (χ2n) is 8.99. The molecule has 1 saturated heterocycles. The molecule has 1 fully saturated rings. The third-order valence-electron chi connectivity index (χ3n) is 6.32. The van der Waals surface area contributed by atoms with E-state index in [0.717, 1.165) is 24.8 Å². The minimum atomic E-state index is -0.909. The number of carbonyl (C=O) groups is 2. The average molecular weight is 519 g/mol. The van der Waals surface area contributed by atoms with Crippen LogP contribution in [-0.4, -0.2) is 39.9 Å². The lowest BCUT2D eigenvalue weighted by Gasteiger charge is -2.26. The molecule has 1 N–H and O–H groups in total. The first-order chi connectivity index (χ1) is 18.4. The molecule has 1 aliphatic heterocycles. The van der Waals surface area contributed by atoms with Crippen molar-refractivity contribution >= 4 is 17.4 Å². The van der Waals surface area contributed by atoms with Crippen LogP contribution in [0.2, 0.25) is 0 Å². The van der Waals surface area contributed by atoms with Crippen LogP contribution >= 0.6 is 0 Å². The van der Waals surface area contributed by atoms with Crippen LogP contribution in [0.4, 0.5) is 4.39 Å². The second-order valence-corrected chi connectivity index (χ2v) is 8.99. The Morgan fingerprint density at radius 1 is 1.03 bits per heavy atom. The third-order valence-corrected chi connectivity index (χ3v) is 6.32. The van der Waals surface area contributed by atoms with E-state index in [9.17, 15) is 19.1 Å². The number of rotatable bonds is 11. The predicted octanol–water partition coefficient (Wildman–Crippen LogP) is 5.81. The molecule has 4 rings (SSSR count). The van der Waals surface area contributed by atoms with E-state index in [4.69, 9.17) is 9.47 Å². The Morgan fingerprint density at radius 2 is 1.82 bits per heavy atom. The molecule has 3 aromatic rings. The zero-order chi connectivity index (χ0) is 27.1. The second kappa shape index (κ2) is 12.4. The van der Waals surface area contributed by atoms with Crippen LogP contribution in [-0.2, 0) is 16.1 Å². The highest BCUT2D eigenvalue weighted by atomic mass is 19.1. The van der Waals surface area contributed by atoms with Gasteiger partial charge in [-0.05, 0) is 66.9 Å². The lowest BCUT2D eigenvalue weighted by molar-refractivity contribution is -0.140. The fraction of sp³-hybridized carbons (Fsp3) is 0.300. The molecule has 0 radical (unpaired) electrons. The highest BCUT2D eigenvalue weighted by molar-refractivity contribution is 6.46. The number of hydrogen-bond acceptors (Lipinski definition) is 6. The molecule has 0 aliphatic carbocycles. The molecule has 0 spiro atoms. The van der Waals surface area contributed by atoms with Crippen molar-refractivity contribution in [2.24, 2.45) is 0 Å². The van der Waals surface area contributed by atoms with Gasteiger partial charge in [-0.1, -0.05) is 31.9 Å². The van der Waals surface area contributed by atoms with Gasteiger partial charge in [0, 0.05) is 24.5 Å². The largest absolute Gasteiger partial charge is 0.507 e. The zero-order valence-electron chi connectivity index (χ0n) is 21.5. The van der Waals surface area contributed by atoms with Gasteiger partial charge in [-0.15, -0.1) is 0 Å². The Labute approximate surface area is 221 Å².